The second kappa shape index (κ2) is 5.53. The quantitative estimate of drug-likeness (QED) is 0.849. The summed E-state index contributed by atoms with van der Waals surface area (Å²) in [5.41, 5.74) is 9.05. The van der Waals surface area contributed by atoms with Crippen molar-refractivity contribution in [2.45, 2.75) is 45.6 Å². The van der Waals surface area contributed by atoms with Gasteiger partial charge in [0.2, 0.25) is 0 Å². The minimum atomic E-state index is 0.187. The molecule has 2 heteroatoms. The van der Waals surface area contributed by atoms with Crippen LogP contribution in [-0.4, -0.2) is 0 Å². The number of hydrogen-bond donors (Lipinski definition) is 1. The standard InChI is InChI=1S/C15H22BrN/c1-10-4-3-5-12(8-10)15(17)13-9-11(2)6-7-14(13)16/h6-7,9-10,12,15H,3-5,8,17H2,1-2H3. The number of hydrogen-bond acceptors (Lipinski definition) is 1. The molecule has 1 aliphatic rings. The number of benzene rings is 1. The molecule has 1 nitrogen and oxygen atoms in total. The van der Waals surface area contributed by atoms with Crippen molar-refractivity contribution >= 4 is 15.9 Å². The van der Waals surface area contributed by atoms with Crippen molar-refractivity contribution in [2.75, 3.05) is 0 Å². The summed E-state index contributed by atoms with van der Waals surface area (Å²) in [7, 11) is 0. The van der Waals surface area contributed by atoms with Gasteiger partial charge in [0.1, 0.15) is 0 Å². The Morgan fingerprint density at radius 3 is 2.82 bits per heavy atom. The van der Waals surface area contributed by atoms with Gasteiger partial charge in [0.15, 0.2) is 0 Å². The van der Waals surface area contributed by atoms with E-state index in [-0.39, 0.29) is 6.04 Å². The zero-order valence-electron chi connectivity index (χ0n) is 10.7. The molecule has 2 N–H and O–H groups in total. The van der Waals surface area contributed by atoms with Crippen molar-refractivity contribution in [1.82, 2.24) is 0 Å². The molecule has 3 atom stereocenters. The molecule has 1 saturated carbocycles. The molecular weight excluding hydrogens is 274 g/mol. The third-order valence-corrected chi connectivity index (χ3v) is 4.72. The minimum Gasteiger partial charge on any atom is -0.324 e. The fourth-order valence-electron chi connectivity index (χ4n) is 2.98. The van der Waals surface area contributed by atoms with Gasteiger partial charge in [-0.05, 0) is 43.2 Å². The van der Waals surface area contributed by atoms with Crippen LogP contribution in [0, 0.1) is 18.8 Å². The largest absolute Gasteiger partial charge is 0.324 e. The molecule has 1 fully saturated rings. The minimum absolute atomic E-state index is 0.187. The molecular formula is C15H22BrN. The van der Waals surface area contributed by atoms with Gasteiger partial charge in [-0.15, -0.1) is 0 Å². The monoisotopic (exact) mass is 295 g/mol. The smallest absolute Gasteiger partial charge is 0.0334 e. The van der Waals surface area contributed by atoms with Crippen LogP contribution in [0.1, 0.15) is 49.8 Å². The van der Waals surface area contributed by atoms with Crippen molar-refractivity contribution < 1.29 is 0 Å². The number of halogens is 1. The molecule has 94 valence electrons. The van der Waals surface area contributed by atoms with E-state index in [0.29, 0.717) is 5.92 Å². The topological polar surface area (TPSA) is 26.0 Å². The molecule has 17 heavy (non-hydrogen) atoms. The Morgan fingerprint density at radius 1 is 1.35 bits per heavy atom. The van der Waals surface area contributed by atoms with Crippen LogP contribution in [0.4, 0.5) is 0 Å². The Labute approximate surface area is 113 Å². The van der Waals surface area contributed by atoms with Crippen molar-refractivity contribution in [2.24, 2.45) is 17.6 Å². The normalized spacial score (nSPS) is 26.8. The first-order chi connectivity index (χ1) is 8.08. The summed E-state index contributed by atoms with van der Waals surface area (Å²) in [6.07, 6.45) is 5.27. The van der Waals surface area contributed by atoms with Gasteiger partial charge < -0.3 is 5.73 Å². The van der Waals surface area contributed by atoms with E-state index in [2.05, 4.69) is 48.0 Å². The van der Waals surface area contributed by atoms with Gasteiger partial charge in [0.25, 0.3) is 0 Å². The maximum Gasteiger partial charge on any atom is 0.0334 e. The highest BCUT2D eigenvalue weighted by Gasteiger charge is 2.26. The molecule has 0 radical (unpaired) electrons. The van der Waals surface area contributed by atoms with Crippen LogP contribution in [0.5, 0.6) is 0 Å². The third kappa shape index (κ3) is 3.11. The van der Waals surface area contributed by atoms with Crippen molar-refractivity contribution in [1.29, 1.82) is 0 Å². The lowest BCUT2D eigenvalue weighted by Crippen LogP contribution is -2.26. The van der Waals surface area contributed by atoms with Crippen LogP contribution < -0.4 is 5.73 Å². The summed E-state index contributed by atoms with van der Waals surface area (Å²) in [6.45, 7) is 4.48. The summed E-state index contributed by atoms with van der Waals surface area (Å²) < 4.78 is 1.16. The fourth-order valence-corrected chi connectivity index (χ4v) is 3.49. The van der Waals surface area contributed by atoms with E-state index in [1.54, 1.807) is 0 Å². The van der Waals surface area contributed by atoms with E-state index in [1.807, 2.05) is 0 Å². The van der Waals surface area contributed by atoms with Crippen LogP contribution in [0.15, 0.2) is 22.7 Å². The van der Waals surface area contributed by atoms with E-state index in [4.69, 9.17) is 5.73 Å². The Morgan fingerprint density at radius 2 is 2.12 bits per heavy atom. The van der Waals surface area contributed by atoms with Crippen LogP contribution in [0.2, 0.25) is 0 Å². The molecule has 0 aromatic heterocycles. The number of aryl methyl sites for hydroxylation is 1. The zero-order chi connectivity index (χ0) is 12.4. The average Bonchev–Trinajstić information content (AvgIpc) is 2.31. The first kappa shape index (κ1) is 13.1. The SMILES string of the molecule is Cc1ccc(Br)c(C(N)C2CCCC(C)C2)c1. The van der Waals surface area contributed by atoms with Gasteiger partial charge in [-0.1, -0.05) is 53.4 Å². The lowest BCUT2D eigenvalue weighted by Gasteiger charge is -2.32. The molecule has 0 bridgehead atoms. The van der Waals surface area contributed by atoms with Crippen LogP contribution >= 0.6 is 15.9 Å². The van der Waals surface area contributed by atoms with Crippen LogP contribution in [-0.2, 0) is 0 Å². The van der Waals surface area contributed by atoms with Gasteiger partial charge in [-0.3, -0.25) is 0 Å². The van der Waals surface area contributed by atoms with Gasteiger partial charge in [-0.2, -0.15) is 0 Å². The predicted octanol–water partition coefficient (Wildman–Crippen LogP) is 4.58. The molecule has 3 unspecified atom stereocenters. The molecule has 0 saturated heterocycles. The Balaban J connectivity index is 2.18. The third-order valence-electron chi connectivity index (χ3n) is 4.00. The average molecular weight is 296 g/mol. The Hall–Kier alpha value is -0.340. The molecule has 1 aromatic carbocycles. The van der Waals surface area contributed by atoms with Gasteiger partial charge in [-0.25, -0.2) is 0 Å². The zero-order valence-corrected chi connectivity index (χ0v) is 12.3. The van der Waals surface area contributed by atoms with E-state index in [0.717, 1.165) is 10.4 Å². The van der Waals surface area contributed by atoms with Crippen LogP contribution in [0.25, 0.3) is 0 Å². The molecule has 2 rings (SSSR count). The van der Waals surface area contributed by atoms with Gasteiger partial charge in [0, 0.05) is 10.5 Å². The lowest BCUT2D eigenvalue weighted by molar-refractivity contribution is 0.247. The number of nitrogens with two attached hydrogens (primary N) is 1. The lowest BCUT2D eigenvalue weighted by atomic mass is 9.77. The second-order valence-electron chi connectivity index (χ2n) is 5.58. The first-order valence-corrected chi connectivity index (χ1v) is 7.39. The highest BCUT2D eigenvalue weighted by molar-refractivity contribution is 9.10. The fraction of sp³-hybridized carbons (Fsp3) is 0.600. The maximum atomic E-state index is 6.47. The summed E-state index contributed by atoms with van der Waals surface area (Å²) >= 11 is 3.63. The second-order valence-corrected chi connectivity index (χ2v) is 6.44. The molecule has 0 spiro atoms. The first-order valence-electron chi connectivity index (χ1n) is 6.59. The van der Waals surface area contributed by atoms with Crippen molar-refractivity contribution in [3.05, 3.63) is 33.8 Å². The Bertz CT molecular complexity index is 389. The van der Waals surface area contributed by atoms with Crippen LogP contribution in [0.3, 0.4) is 0 Å². The number of rotatable bonds is 2. The molecule has 0 heterocycles. The Kier molecular flexibility index (Phi) is 4.26. The van der Waals surface area contributed by atoms with E-state index < -0.39 is 0 Å². The van der Waals surface area contributed by atoms with Crippen molar-refractivity contribution in [3.8, 4) is 0 Å². The van der Waals surface area contributed by atoms with Crippen molar-refractivity contribution in [3.63, 3.8) is 0 Å². The summed E-state index contributed by atoms with van der Waals surface area (Å²) in [6, 6.07) is 6.67. The summed E-state index contributed by atoms with van der Waals surface area (Å²) in [5, 5.41) is 0. The van der Waals surface area contributed by atoms with E-state index >= 15 is 0 Å². The highest BCUT2D eigenvalue weighted by Crippen LogP contribution is 2.38. The molecule has 1 aliphatic carbocycles. The molecule has 0 amide bonds. The predicted molar refractivity (Wildman–Crippen MR) is 76.9 cm³/mol. The van der Waals surface area contributed by atoms with Gasteiger partial charge >= 0.3 is 0 Å². The highest BCUT2D eigenvalue weighted by atomic mass is 79.9. The molecule has 1 aromatic rings. The summed E-state index contributed by atoms with van der Waals surface area (Å²) in [4.78, 5) is 0. The molecule has 0 aliphatic heterocycles. The van der Waals surface area contributed by atoms with Gasteiger partial charge in [0.05, 0.1) is 0 Å². The summed E-state index contributed by atoms with van der Waals surface area (Å²) in [5.74, 6) is 1.49. The van der Waals surface area contributed by atoms with E-state index in [1.165, 1.54) is 36.8 Å². The van der Waals surface area contributed by atoms with E-state index in [9.17, 15) is 0 Å². The maximum absolute atomic E-state index is 6.47.